The third-order valence-corrected chi connectivity index (χ3v) is 4.20. The molecule has 1 unspecified atom stereocenters. The van der Waals surface area contributed by atoms with E-state index in [0.29, 0.717) is 32.5 Å². The maximum atomic E-state index is 12.4. The molecular formula is C14H24N2O4. The summed E-state index contributed by atoms with van der Waals surface area (Å²) in [6.45, 7) is 3.71. The number of hydrogen-bond donors (Lipinski definition) is 2. The lowest BCUT2D eigenvalue weighted by molar-refractivity contribution is -0.146. The molecule has 2 rings (SSSR count). The Kier molecular flexibility index (Phi) is 4.86. The summed E-state index contributed by atoms with van der Waals surface area (Å²) >= 11 is 0. The maximum Gasteiger partial charge on any atom is 0.329 e. The fraction of sp³-hybridized carbons (Fsp3) is 0.857. The summed E-state index contributed by atoms with van der Waals surface area (Å²) in [7, 11) is 0. The van der Waals surface area contributed by atoms with Crippen LogP contribution in [0.15, 0.2) is 0 Å². The molecule has 0 spiro atoms. The summed E-state index contributed by atoms with van der Waals surface area (Å²) < 4.78 is 5.51. The number of carboxylic acids is 1. The molecule has 20 heavy (non-hydrogen) atoms. The lowest BCUT2D eigenvalue weighted by atomic mass is 9.82. The van der Waals surface area contributed by atoms with Gasteiger partial charge in [0.15, 0.2) is 0 Å². The van der Waals surface area contributed by atoms with E-state index in [2.05, 4.69) is 5.32 Å². The summed E-state index contributed by atoms with van der Waals surface area (Å²) in [5, 5.41) is 12.3. The van der Waals surface area contributed by atoms with Crippen LogP contribution in [0.2, 0.25) is 0 Å². The van der Waals surface area contributed by atoms with Gasteiger partial charge in [0.25, 0.3) is 0 Å². The molecule has 1 saturated heterocycles. The van der Waals surface area contributed by atoms with Crippen molar-refractivity contribution in [2.75, 3.05) is 19.7 Å². The quantitative estimate of drug-likeness (QED) is 0.807. The molecule has 0 aromatic heterocycles. The molecule has 2 N–H and O–H groups in total. The van der Waals surface area contributed by atoms with Gasteiger partial charge in [-0.15, -0.1) is 0 Å². The van der Waals surface area contributed by atoms with E-state index in [1.807, 2.05) is 6.92 Å². The standard InChI is InChI=1S/C14H24N2O4/c1-11-10-16(8-5-9-20-11)13(19)15-14(12(17)18)6-3-2-4-7-14/h11H,2-10H2,1H3,(H,15,19)(H,17,18). The molecule has 0 aromatic rings. The van der Waals surface area contributed by atoms with Crippen molar-refractivity contribution in [3.8, 4) is 0 Å². The summed E-state index contributed by atoms with van der Waals surface area (Å²) in [5.74, 6) is -0.912. The number of aliphatic carboxylic acids is 1. The van der Waals surface area contributed by atoms with Gasteiger partial charge in [-0.25, -0.2) is 9.59 Å². The van der Waals surface area contributed by atoms with Gasteiger partial charge in [0.05, 0.1) is 6.10 Å². The van der Waals surface area contributed by atoms with E-state index in [1.165, 1.54) is 0 Å². The van der Waals surface area contributed by atoms with Crippen LogP contribution in [0.1, 0.15) is 45.4 Å². The molecule has 114 valence electrons. The van der Waals surface area contributed by atoms with Crippen LogP contribution in [0.3, 0.4) is 0 Å². The third-order valence-electron chi connectivity index (χ3n) is 4.20. The minimum Gasteiger partial charge on any atom is -0.480 e. The Bertz CT molecular complexity index is 366. The van der Waals surface area contributed by atoms with Crippen LogP contribution in [0, 0.1) is 0 Å². The lowest BCUT2D eigenvalue weighted by Gasteiger charge is -2.36. The summed E-state index contributed by atoms with van der Waals surface area (Å²) in [6.07, 6.45) is 4.58. The van der Waals surface area contributed by atoms with Gasteiger partial charge in [0.2, 0.25) is 0 Å². The zero-order chi connectivity index (χ0) is 14.6. The SMILES string of the molecule is CC1CN(C(=O)NC2(C(=O)O)CCCCC2)CCCO1. The molecule has 1 aliphatic heterocycles. The Hall–Kier alpha value is -1.30. The van der Waals surface area contributed by atoms with Crippen molar-refractivity contribution in [2.45, 2.75) is 57.1 Å². The minimum absolute atomic E-state index is 0.00427. The topological polar surface area (TPSA) is 78.9 Å². The average molecular weight is 284 g/mol. The van der Waals surface area contributed by atoms with E-state index in [9.17, 15) is 14.7 Å². The number of carbonyl (C=O) groups is 2. The van der Waals surface area contributed by atoms with Gasteiger partial charge in [-0.3, -0.25) is 0 Å². The van der Waals surface area contributed by atoms with Gasteiger partial charge in [-0.1, -0.05) is 19.3 Å². The average Bonchev–Trinajstić information content (AvgIpc) is 2.64. The second-order valence-corrected chi connectivity index (χ2v) is 5.86. The molecule has 6 nitrogen and oxygen atoms in total. The summed E-state index contributed by atoms with van der Waals surface area (Å²) in [4.78, 5) is 25.6. The monoisotopic (exact) mass is 284 g/mol. The Morgan fingerprint density at radius 3 is 2.60 bits per heavy atom. The Balaban J connectivity index is 2.02. The molecule has 1 atom stereocenters. The van der Waals surface area contributed by atoms with Gasteiger partial charge in [0, 0.05) is 19.7 Å². The first kappa shape index (κ1) is 15.1. The van der Waals surface area contributed by atoms with E-state index >= 15 is 0 Å². The van der Waals surface area contributed by atoms with Crippen molar-refractivity contribution in [1.82, 2.24) is 10.2 Å². The first-order chi connectivity index (χ1) is 9.53. The molecule has 2 amide bonds. The summed E-state index contributed by atoms with van der Waals surface area (Å²) in [5.41, 5.74) is -1.08. The van der Waals surface area contributed by atoms with E-state index < -0.39 is 11.5 Å². The molecule has 2 aliphatic rings. The Labute approximate surface area is 119 Å². The highest BCUT2D eigenvalue weighted by Gasteiger charge is 2.42. The zero-order valence-electron chi connectivity index (χ0n) is 12.1. The first-order valence-electron chi connectivity index (χ1n) is 7.46. The number of carbonyl (C=O) groups excluding carboxylic acids is 1. The fourth-order valence-corrected chi connectivity index (χ4v) is 3.01. The number of amides is 2. The molecule has 1 aliphatic carbocycles. The highest BCUT2D eigenvalue weighted by molar-refractivity contribution is 5.86. The molecule has 1 saturated carbocycles. The number of carboxylic acid groups (broad SMARTS) is 1. The molecule has 0 radical (unpaired) electrons. The van der Waals surface area contributed by atoms with Crippen molar-refractivity contribution in [2.24, 2.45) is 0 Å². The van der Waals surface area contributed by atoms with Gasteiger partial charge < -0.3 is 20.1 Å². The van der Waals surface area contributed by atoms with Crippen LogP contribution in [-0.4, -0.2) is 53.3 Å². The van der Waals surface area contributed by atoms with Crippen molar-refractivity contribution < 1.29 is 19.4 Å². The number of urea groups is 1. The highest BCUT2D eigenvalue weighted by atomic mass is 16.5. The predicted molar refractivity (Wildman–Crippen MR) is 73.6 cm³/mol. The second kappa shape index (κ2) is 6.43. The smallest absolute Gasteiger partial charge is 0.329 e. The molecular weight excluding hydrogens is 260 g/mol. The van der Waals surface area contributed by atoms with Gasteiger partial charge in [-0.2, -0.15) is 0 Å². The van der Waals surface area contributed by atoms with Crippen molar-refractivity contribution in [3.05, 3.63) is 0 Å². The van der Waals surface area contributed by atoms with E-state index in [-0.39, 0.29) is 12.1 Å². The molecule has 0 bridgehead atoms. The van der Waals surface area contributed by atoms with Crippen LogP contribution in [0.4, 0.5) is 4.79 Å². The van der Waals surface area contributed by atoms with Crippen molar-refractivity contribution in [1.29, 1.82) is 0 Å². The van der Waals surface area contributed by atoms with Crippen LogP contribution in [-0.2, 0) is 9.53 Å². The maximum absolute atomic E-state index is 12.4. The molecule has 2 fully saturated rings. The highest BCUT2D eigenvalue weighted by Crippen LogP contribution is 2.28. The minimum atomic E-state index is -1.08. The number of nitrogens with one attached hydrogen (secondary N) is 1. The number of ether oxygens (including phenoxy) is 1. The number of nitrogens with zero attached hydrogens (tertiary/aromatic N) is 1. The normalized spacial score (nSPS) is 26.6. The van der Waals surface area contributed by atoms with E-state index in [1.54, 1.807) is 4.90 Å². The largest absolute Gasteiger partial charge is 0.480 e. The van der Waals surface area contributed by atoms with Crippen LogP contribution < -0.4 is 5.32 Å². The van der Waals surface area contributed by atoms with E-state index in [4.69, 9.17) is 4.74 Å². The van der Waals surface area contributed by atoms with E-state index in [0.717, 1.165) is 25.7 Å². The lowest BCUT2D eigenvalue weighted by Crippen LogP contribution is -2.59. The predicted octanol–water partition coefficient (Wildman–Crippen LogP) is 1.59. The van der Waals surface area contributed by atoms with Gasteiger partial charge in [-0.05, 0) is 26.2 Å². The van der Waals surface area contributed by atoms with Crippen LogP contribution in [0.25, 0.3) is 0 Å². The van der Waals surface area contributed by atoms with Crippen LogP contribution >= 0.6 is 0 Å². The summed E-state index contributed by atoms with van der Waals surface area (Å²) in [6, 6.07) is -0.272. The first-order valence-corrected chi connectivity index (χ1v) is 7.46. The van der Waals surface area contributed by atoms with Crippen molar-refractivity contribution >= 4 is 12.0 Å². The third kappa shape index (κ3) is 3.42. The number of rotatable bonds is 2. The van der Waals surface area contributed by atoms with Crippen LogP contribution in [0.5, 0.6) is 0 Å². The Morgan fingerprint density at radius 2 is 1.95 bits per heavy atom. The molecule has 6 heteroatoms. The second-order valence-electron chi connectivity index (χ2n) is 5.86. The van der Waals surface area contributed by atoms with Gasteiger partial charge in [0.1, 0.15) is 5.54 Å². The number of hydrogen-bond acceptors (Lipinski definition) is 3. The molecule has 0 aromatic carbocycles. The zero-order valence-corrected chi connectivity index (χ0v) is 12.1. The Morgan fingerprint density at radius 1 is 1.25 bits per heavy atom. The fourth-order valence-electron chi connectivity index (χ4n) is 3.01. The molecule has 1 heterocycles. The van der Waals surface area contributed by atoms with Gasteiger partial charge >= 0.3 is 12.0 Å². The van der Waals surface area contributed by atoms with Crippen molar-refractivity contribution in [3.63, 3.8) is 0 Å².